The Hall–Kier alpha value is -1.79. The van der Waals surface area contributed by atoms with Crippen LogP contribution in [0.1, 0.15) is 36.7 Å². The monoisotopic (exact) mass is 245 g/mol. The van der Waals surface area contributed by atoms with Crippen LogP contribution in [0.15, 0.2) is 24.3 Å². The van der Waals surface area contributed by atoms with Crippen molar-refractivity contribution in [3.8, 4) is 11.8 Å². The molecular weight excluding hydrogens is 226 g/mol. The lowest BCUT2D eigenvalue weighted by Crippen LogP contribution is -2.36. The van der Waals surface area contributed by atoms with Crippen LogP contribution in [0.5, 0.6) is 0 Å². The zero-order valence-corrected chi connectivity index (χ0v) is 11.0. The van der Waals surface area contributed by atoms with Crippen molar-refractivity contribution in [2.45, 2.75) is 26.8 Å². The molecule has 2 N–H and O–H groups in total. The molecule has 0 heterocycles. The van der Waals surface area contributed by atoms with E-state index in [9.17, 15) is 4.79 Å². The standard InChI is InChI=1S/C15H19NO2/c1-11(2)12(3)16-15(18)14-8-4-6-13(10-14)7-5-9-17/h4,6,8,10-12,17H,9H2,1-3H3,(H,16,18). The summed E-state index contributed by atoms with van der Waals surface area (Å²) in [6.07, 6.45) is 0. The third-order valence-electron chi connectivity index (χ3n) is 2.80. The van der Waals surface area contributed by atoms with E-state index in [1.807, 2.05) is 13.0 Å². The number of nitrogens with one attached hydrogen (secondary N) is 1. The van der Waals surface area contributed by atoms with E-state index in [0.717, 1.165) is 5.56 Å². The number of hydrogen-bond acceptors (Lipinski definition) is 2. The van der Waals surface area contributed by atoms with E-state index in [4.69, 9.17) is 5.11 Å². The lowest BCUT2D eigenvalue weighted by molar-refractivity contribution is 0.0930. The van der Waals surface area contributed by atoms with Crippen LogP contribution in [-0.2, 0) is 0 Å². The molecule has 0 fully saturated rings. The van der Waals surface area contributed by atoms with E-state index in [1.165, 1.54) is 0 Å². The van der Waals surface area contributed by atoms with E-state index >= 15 is 0 Å². The van der Waals surface area contributed by atoms with Gasteiger partial charge in [0.15, 0.2) is 0 Å². The average Bonchev–Trinajstić information content (AvgIpc) is 2.36. The second kappa shape index (κ2) is 6.83. The molecule has 0 aromatic heterocycles. The molecule has 1 rings (SSSR count). The zero-order chi connectivity index (χ0) is 13.5. The van der Waals surface area contributed by atoms with Gasteiger partial charge in [-0.3, -0.25) is 4.79 Å². The number of aliphatic hydroxyl groups is 1. The number of carbonyl (C=O) groups is 1. The van der Waals surface area contributed by atoms with Crippen LogP contribution in [0.2, 0.25) is 0 Å². The highest BCUT2D eigenvalue weighted by Crippen LogP contribution is 2.06. The van der Waals surface area contributed by atoms with Gasteiger partial charge in [0.1, 0.15) is 6.61 Å². The van der Waals surface area contributed by atoms with Crippen molar-refractivity contribution in [1.29, 1.82) is 0 Å². The molecule has 0 spiro atoms. The van der Waals surface area contributed by atoms with E-state index in [0.29, 0.717) is 11.5 Å². The van der Waals surface area contributed by atoms with Gasteiger partial charge in [0.05, 0.1) is 0 Å². The molecule has 0 radical (unpaired) electrons. The Morgan fingerprint density at radius 3 is 2.72 bits per heavy atom. The first-order chi connectivity index (χ1) is 8.54. The quantitative estimate of drug-likeness (QED) is 0.798. The Morgan fingerprint density at radius 1 is 1.39 bits per heavy atom. The highest BCUT2D eigenvalue weighted by molar-refractivity contribution is 5.94. The van der Waals surface area contributed by atoms with Crippen LogP contribution >= 0.6 is 0 Å². The minimum absolute atomic E-state index is 0.0937. The summed E-state index contributed by atoms with van der Waals surface area (Å²) >= 11 is 0. The fraction of sp³-hybridized carbons (Fsp3) is 0.400. The topological polar surface area (TPSA) is 49.3 Å². The molecule has 1 aromatic carbocycles. The second-order valence-electron chi connectivity index (χ2n) is 4.55. The molecule has 0 saturated heterocycles. The highest BCUT2D eigenvalue weighted by atomic mass is 16.2. The molecule has 0 aliphatic carbocycles. The Bertz CT molecular complexity index is 469. The molecule has 18 heavy (non-hydrogen) atoms. The SMILES string of the molecule is CC(C)C(C)NC(=O)c1cccc(C#CCO)c1. The largest absolute Gasteiger partial charge is 0.384 e. The summed E-state index contributed by atoms with van der Waals surface area (Å²) in [6, 6.07) is 7.21. The summed E-state index contributed by atoms with van der Waals surface area (Å²) in [6.45, 7) is 5.93. The number of aliphatic hydroxyl groups excluding tert-OH is 1. The molecule has 1 atom stereocenters. The summed E-state index contributed by atoms with van der Waals surface area (Å²) in [7, 11) is 0. The molecule has 0 saturated carbocycles. The molecule has 3 nitrogen and oxygen atoms in total. The maximum atomic E-state index is 12.0. The van der Waals surface area contributed by atoms with Gasteiger partial charge in [0.2, 0.25) is 0 Å². The fourth-order valence-corrected chi connectivity index (χ4v) is 1.34. The van der Waals surface area contributed by atoms with Gasteiger partial charge in [-0.25, -0.2) is 0 Å². The van der Waals surface area contributed by atoms with Gasteiger partial charge in [-0.15, -0.1) is 0 Å². The van der Waals surface area contributed by atoms with Crippen molar-refractivity contribution >= 4 is 5.91 Å². The van der Waals surface area contributed by atoms with Crippen LogP contribution in [0, 0.1) is 17.8 Å². The van der Waals surface area contributed by atoms with Crippen molar-refractivity contribution < 1.29 is 9.90 Å². The van der Waals surface area contributed by atoms with Crippen LogP contribution in [0.3, 0.4) is 0 Å². The Kier molecular flexibility index (Phi) is 5.41. The van der Waals surface area contributed by atoms with E-state index in [1.54, 1.807) is 18.2 Å². The summed E-state index contributed by atoms with van der Waals surface area (Å²) in [5, 5.41) is 11.6. The average molecular weight is 245 g/mol. The third-order valence-corrected chi connectivity index (χ3v) is 2.80. The lowest BCUT2D eigenvalue weighted by atomic mass is 10.1. The molecule has 3 heteroatoms. The number of benzene rings is 1. The summed E-state index contributed by atoms with van der Waals surface area (Å²) in [5.41, 5.74) is 1.32. The maximum absolute atomic E-state index is 12.0. The number of carbonyl (C=O) groups excluding carboxylic acids is 1. The van der Waals surface area contributed by atoms with Gasteiger partial charge in [0, 0.05) is 17.2 Å². The van der Waals surface area contributed by atoms with Gasteiger partial charge in [0.25, 0.3) is 5.91 Å². The van der Waals surface area contributed by atoms with E-state index in [-0.39, 0.29) is 18.6 Å². The number of hydrogen-bond donors (Lipinski definition) is 2. The summed E-state index contributed by atoms with van der Waals surface area (Å²) in [4.78, 5) is 12.0. The van der Waals surface area contributed by atoms with Gasteiger partial charge >= 0.3 is 0 Å². The first-order valence-electron chi connectivity index (χ1n) is 6.05. The predicted octanol–water partition coefficient (Wildman–Crippen LogP) is 1.80. The molecule has 1 unspecified atom stereocenters. The van der Waals surface area contributed by atoms with Crippen molar-refractivity contribution in [3.05, 3.63) is 35.4 Å². The zero-order valence-electron chi connectivity index (χ0n) is 11.0. The Labute approximate surface area is 108 Å². The van der Waals surface area contributed by atoms with E-state index < -0.39 is 0 Å². The normalized spacial score (nSPS) is 11.6. The third kappa shape index (κ3) is 4.23. The molecule has 0 bridgehead atoms. The van der Waals surface area contributed by atoms with Gasteiger partial charge in [-0.1, -0.05) is 31.8 Å². The minimum atomic E-state index is -0.180. The molecule has 1 aromatic rings. The summed E-state index contributed by atoms with van der Waals surface area (Å²) < 4.78 is 0. The first-order valence-corrected chi connectivity index (χ1v) is 6.05. The van der Waals surface area contributed by atoms with Crippen molar-refractivity contribution in [2.75, 3.05) is 6.61 Å². The smallest absolute Gasteiger partial charge is 0.251 e. The van der Waals surface area contributed by atoms with Crippen LogP contribution in [0.4, 0.5) is 0 Å². The first kappa shape index (κ1) is 14.3. The van der Waals surface area contributed by atoms with Crippen LogP contribution < -0.4 is 5.32 Å². The fourth-order valence-electron chi connectivity index (χ4n) is 1.34. The Morgan fingerprint density at radius 2 is 2.11 bits per heavy atom. The van der Waals surface area contributed by atoms with Crippen molar-refractivity contribution in [1.82, 2.24) is 5.32 Å². The molecule has 96 valence electrons. The molecule has 0 aliphatic rings. The van der Waals surface area contributed by atoms with Crippen LogP contribution in [-0.4, -0.2) is 23.7 Å². The van der Waals surface area contributed by atoms with Gasteiger partial charge < -0.3 is 10.4 Å². The van der Waals surface area contributed by atoms with E-state index in [2.05, 4.69) is 31.0 Å². The predicted molar refractivity (Wildman–Crippen MR) is 72.2 cm³/mol. The Balaban J connectivity index is 2.80. The number of rotatable bonds is 3. The lowest BCUT2D eigenvalue weighted by Gasteiger charge is -2.17. The van der Waals surface area contributed by atoms with Crippen LogP contribution in [0.25, 0.3) is 0 Å². The van der Waals surface area contributed by atoms with Gasteiger partial charge in [-0.2, -0.15) is 0 Å². The highest BCUT2D eigenvalue weighted by Gasteiger charge is 2.12. The summed E-state index contributed by atoms with van der Waals surface area (Å²) in [5.74, 6) is 5.65. The van der Waals surface area contributed by atoms with Crippen molar-refractivity contribution in [3.63, 3.8) is 0 Å². The van der Waals surface area contributed by atoms with Gasteiger partial charge in [-0.05, 0) is 31.0 Å². The second-order valence-corrected chi connectivity index (χ2v) is 4.55. The minimum Gasteiger partial charge on any atom is -0.384 e. The van der Waals surface area contributed by atoms with Crippen molar-refractivity contribution in [2.24, 2.45) is 5.92 Å². The maximum Gasteiger partial charge on any atom is 0.251 e. The number of amides is 1. The molecule has 0 aliphatic heterocycles. The molecule has 1 amide bonds. The molecular formula is C15H19NO2.